The van der Waals surface area contributed by atoms with Crippen LogP contribution in [0.25, 0.3) is 21.9 Å². The highest BCUT2D eigenvalue weighted by atomic mass is 16.6. The first-order valence-corrected chi connectivity index (χ1v) is 4.95. The van der Waals surface area contributed by atoms with Crippen molar-refractivity contribution in [1.29, 1.82) is 0 Å². The van der Waals surface area contributed by atoms with E-state index < -0.39 is 4.92 Å². The third kappa shape index (κ3) is 1.32. The lowest BCUT2D eigenvalue weighted by atomic mass is 10.1. The Balaban J connectivity index is 2.44. The first-order valence-electron chi connectivity index (χ1n) is 4.95. The van der Waals surface area contributed by atoms with E-state index in [1.54, 1.807) is 24.3 Å². The minimum absolute atomic E-state index is 0.0314. The molecule has 1 N–H and O–H groups in total. The van der Waals surface area contributed by atoms with Crippen LogP contribution in [0.1, 0.15) is 0 Å². The zero-order chi connectivity index (χ0) is 12.0. The van der Waals surface area contributed by atoms with Crippen molar-refractivity contribution in [3.63, 3.8) is 0 Å². The molecule has 1 aromatic heterocycles. The Hall–Kier alpha value is -2.56. The van der Waals surface area contributed by atoms with Crippen molar-refractivity contribution in [2.75, 3.05) is 0 Å². The van der Waals surface area contributed by atoms with E-state index in [0.717, 1.165) is 0 Å². The van der Waals surface area contributed by atoms with Gasteiger partial charge in [-0.1, -0.05) is 6.07 Å². The monoisotopic (exact) mass is 229 g/mol. The summed E-state index contributed by atoms with van der Waals surface area (Å²) in [7, 11) is 0. The van der Waals surface area contributed by atoms with Crippen LogP contribution in [0.4, 0.5) is 5.69 Å². The van der Waals surface area contributed by atoms with E-state index in [1.807, 2.05) is 0 Å². The van der Waals surface area contributed by atoms with Crippen molar-refractivity contribution in [2.24, 2.45) is 0 Å². The predicted octanol–water partition coefficient (Wildman–Crippen LogP) is 3.20. The second kappa shape index (κ2) is 3.21. The van der Waals surface area contributed by atoms with Gasteiger partial charge in [0.25, 0.3) is 5.69 Å². The fraction of sp³-hybridized carbons (Fsp3) is 0. The largest absolute Gasteiger partial charge is 0.507 e. The molecule has 2 aromatic carbocycles. The summed E-state index contributed by atoms with van der Waals surface area (Å²) in [5.74, 6) is 0.107. The van der Waals surface area contributed by atoms with Crippen LogP contribution in [0.15, 0.2) is 40.8 Å². The highest BCUT2D eigenvalue weighted by molar-refractivity contribution is 6.08. The fourth-order valence-electron chi connectivity index (χ4n) is 1.91. The number of fused-ring (bicyclic) bond motifs is 3. The number of nitrogens with zero attached hydrogens (tertiary/aromatic N) is 1. The second-order valence-electron chi connectivity index (χ2n) is 3.69. The van der Waals surface area contributed by atoms with Crippen molar-refractivity contribution in [3.8, 4) is 5.75 Å². The summed E-state index contributed by atoms with van der Waals surface area (Å²) in [4.78, 5) is 10.2. The molecule has 0 saturated heterocycles. The summed E-state index contributed by atoms with van der Waals surface area (Å²) in [5.41, 5.74) is 0.882. The normalized spacial score (nSPS) is 11.1. The van der Waals surface area contributed by atoms with Crippen molar-refractivity contribution in [2.45, 2.75) is 0 Å². The predicted molar refractivity (Wildman–Crippen MR) is 62.0 cm³/mol. The third-order valence-electron chi connectivity index (χ3n) is 2.67. The number of rotatable bonds is 1. The minimum atomic E-state index is -0.480. The van der Waals surface area contributed by atoms with Crippen LogP contribution in [0, 0.1) is 10.1 Å². The molecule has 84 valence electrons. The minimum Gasteiger partial charge on any atom is -0.507 e. The molecular formula is C12H7NO4. The van der Waals surface area contributed by atoms with E-state index in [-0.39, 0.29) is 11.4 Å². The topological polar surface area (TPSA) is 76.5 Å². The maximum atomic E-state index is 10.6. The lowest BCUT2D eigenvalue weighted by Gasteiger charge is -1.93. The molecule has 5 nitrogen and oxygen atoms in total. The van der Waals surface area contributed by atoms with Crippen LogP contribution in [-0.2, 0) is 0 Å². The van der Waals surface area contributed by atoms with E-state index in [2.05, 4.69) is 0 Å². The summed E-state index contributed by atoms with van der Waals surface area (Å²) >= 11 is 0. The van der Waals surface area contributed by atoms with Crippen molar-refractivity contribution in [1.82, 2.24) is 0 Å². The van der Waals surface area contributed by atoms with Gasteiger partial charge in [0, 0.05) is 11.5 Å². The number of hydrogen-bond donors (Lipinski definition) is 1. The first kappa shape index (κ1) is 9.65. The highest BCUT2D eigenvalue weighted by Crippen LogP contribution is 2.35. The van der Waals surface area contributed by atoms with Crippen molar-refractivity contribution >= 4 is 27.6 Å². The van der Waals surface area contributed by atoms with Crippen molar-refractivity contribution in [3.05, 3.63) is 46.5 Å². The standard InChI is InChI=1S/C12H7NO4/c14-9-2-1-3-10-12(9)8-5-4-7(13(15)16)6-11(8)17-10/h1-6,14H. The molecule has 0 bridgehead atoms. The van der Waals surface area contributed by atoms with E-state index in [1.165, 1.54) is 12.1 Å². The first-order chi connectivity index (χ1) is 8.16. The number of phenolic OH excluding ortho intramolecular Hbond substituents is 1. The molecule has 0 unspecified atom stereocenters. The lowest BCUT2D eigenvalue weighted by Crippen LogP contribution is -1.85. The fourth-order valence-corrected chi connectivity index (χ4v) is 1.91. The van der Waals surface area contributed by atoms with E-state index in [0.29, 0.717) is 21.9 Å². The maximum Gasteiger partial charge on any atom is 0.273 e. The summed E-state index contributed by atoms with van der Waals surface area (Å²) in [6.07, 6.45) is 0. The van der Waals surface area contributed by atoms with Crippen LogP contribution in [0.2, 0.25) is 0 Å². The van der Waals surface area contributed by atoms with Gasteiger partial charge in [0.2, 0.25) is 0 Å². The average molecular weight is 229 g/mol. The van der Waals surface area contributed by atoms with Gasteiger partial charge < -0.3 is 9.52 Å². The number of nitro groups is 1. The molecular weight excluding hydrogens is 222 g/mol. The van der Waals surface area contributed by atoms with Gasteiger partial charge in [0.15, 0.2) is 0 Å². The summed E-state index contributed by atoms with van der Waals surface area (Å²) < 4.78 is 5.46. The number of hydrogen-bond acceptors (Lipinski definition) is 4. The molecule has 0 radical (unpaired) electrons. The Morgan fingerprint density at radius 1 is 1.18 bits per heavy atom. The number of benzene rings is 2. The molecule has 3 aromatic rings. The van der Waals surface area contributed by atoms with E-state index in [4.69, 9.17) is 4.42 Å². The summed E-state index contributed by atoms with van der Waals surface area (Å²) in [6.45, 7) is 0. The Labute approximate surface area is 95.0 Å². The van der Waals surface area contributed by atoms with Crippen LogP contribution in [0.3, 0.4) is 0 Å². The zero-order valence-corrected chi connectivity index (χ0v) is 8.58. The molecule has 0 amide bonds. The molecule has 17 heavy (non-hydrogen) atoms. The molecule has 0 spiro atoms. The molecule has 0 atom stereocenters. The quantitative estimate of drug-likeness (QED) is 0.513. The average Bonchev–Trinajstić information content (AvgIpc) is 2.67. The number of aromatic hydroxyl groups is 1. The van der Waals surface area contributed by atoms with E-state index >= 15 is 0 Å². The van der Waals surface area contributed by atoms with Gasteiger partial charge in [0.1, 0.15) is 16.9 Å². The summed E-state index contributed by atoms with van der Waals surface area (Å²) in [5, 5.41) is 21.6. The molecule has 0 aliphatic rings. The molecule has 3 rings (SSSR count). The molecule has 1 heterocycles. The number of nitro benzene ring substituents is 1. The summed E-state index contributed by atoms with van der Waals surface area (Å²) in [6, 6.07) is 9.26. The van der Waals surface area contributed by atoms with Crippen LogP contribution < -0.4 is 0 Å². The molecule has 0 saturated carbocycles. The molecule has 0 aliphatic carbocycles. The van der Waals surface area contributed by atoms with Crippen LogP contribution >= 0.6 is 0 Å². The van der Waals surface area contributed by atoms with Crippen LogP contribution in [-0.4, -0.2) is 10.0 Å². The van der Waals surface area contributed by atoms with Gasteiger partial charge in [0.05, 0.1) is 16.4 Å². The van der Waals surface area contributed by atoms with Gasteiger partial charge in [-0.2, -0.15) is 0 Å². The third-order valence-corrected chi connectivity index (χ3v) is 2.67. The molecule has 0 fully saturated rings. The van der Waals surface area contributed by atoms with Gasteiger partial charge in [-0.05, 0) is 18.2 Å². The zero-order valence-electron chi connectivity index (χ0n) is 8.58. The maximum absolute atomic E-state index is 10.6. The Morgan fingerprint density at radius 2 is 2.00 bits per heavy atom. The number of phenols is 1. The number of non-ortho nitro benzene ring substituents is 1. The van der Waals surface area contributed by atoms with Gasteiger partial charge in [-0.15, -0.1) is 0 Å². The second-order valence-corrected chi connectivity index (χ2v) is 3.69. The Morgan fingerprint density at radius 3 is 2.76 bits per heavy atom. The van der Waals surface area contributed by atoms with Gasteiger partial charge in [-0.25, -0.2) is 0 Å². The smallest absolute Gasteiger partial charge is 0.273 e. The van der Waals surface area contributed by atoms with Crippen molar-refractivity contribution < 1.29 is 14.4 Å². The van der Waals surface area contributed by atoms with E-state index in [9.17, 15) is 15.2 Å². The SMILES string of the molecule is O=[N+]([O-])c1ccc2c(c1)oc1cccc(O)c12. The lowest BCUT2D eigenvalue weighted by molar-refractivity contribution is -0.384. The molecule has 0 aliphatic heterocycles. The Kier molecular flexibility index (Phi) is 1.82. The molecule has 5 heteroatoms. The van der Waals surface area contributed by atoms with Gasteiger partial charge in [-0.3, -0.25) is 10.1 Å². The Bertz CT molecular complexity index is 745. The number of furan rings is 1. The highest BCUT2D eigenvalue weighted by Gasteiger charge is 2.14. The van der Waals surface area contributed by atoms with Crippen LogP contribution in [0.5, 0.6) is 5.75 Å². The van der Waals surface area contributed by atoms with Gasteiger partial charge >= 0.3 is 0 Å².